The lowest BCUT2D eigenvalue weighted by Crippen LogP contribution is -2.39. The van der Waals surface area contributed by atoms with Gasteiger partial charge >= 0.3 is 0 Å². The number of amides is 1. The van der Waals surface area contributed by atoms with Gasteiger partial charge in [-0.15, -0.1) is 11.3 Å². The maximum absolute atomic E-state index is 11.7. The average Bonchev–Trinajstić information content (AvgIpc) is 2.76. The van der Waals surface area contributed by atoms with Crippen molar-refractivity contribution in [3.63, 3.8) is 0 Å². The second-order valence-corrected chi connectivity index (χ2v) is 5.59. The van der Waals surface area contributed by atoms with Gasteiger partial charge in [-0.25, -0.2) is 4.98 Å². The summed E-state index contributed by atoms with van der Waals surface area (Å²) >= 11 is 1.58. The van der Waals surface area contributed by atoms with Gasteiger partial charge in [-0.2, -0.15) is 0 Å². The van der Waals surface area contributed by atoms with Crippen LogP contribution in [0.25, 0.3) is 0 Å². The number of aromatic nitrogens is 1. The standard InChI is InChI=1S/C11H17N3OS/c1-6(2)9(12)10(15)14-11-13-7-4-3-5-8(7)16-11/h6,9H,3-5,12H2,1-2H3,(H,13,14,15)/t9-/m0/s1. The molecule has 3 N–H and O–H groups in total. The lowest BCUT2D eigenvalue weighted by Gasteiger charge is -2.13. The first-order valence-corrected chi connectivity index (χ1v) is 6.44. The zero-order valence-corrected chi connectivity index (χ0v) is 10.4. The minimum atomic E-state index is -0.459. The van der Waals surface area contributed by atoms with E-state index < -0.39 is 6.04 Å². The van der Waals surface area contributed by atoms with Crippen LogP contribution in [0.1, 0.15) is 30.8 Å². The molecule has 0 aliphatic heterocycles. The fourth-order valence-electron chi connectivity index (χ4n) is 1.74. The molecule has 1 aromatic rings. The van der Waals surface area contributed by atoms with E-state index in [0.717, 1.165) is 18.5 Å². The van der Waals surface area contributed by atoms with Crippen molar-refractivity contribution in [2.75, 3.05) is 5.32 Å². The molecule has 0 saturated heterocycles. The molecule has 0 aromatic carbocycles. The predicted octanol–water partition coefficient (Wildman–Crippen LogP) is 1.55. The summed E-state index contributed by atoms with van der Waals surface area (Å²) in [5.74, 6) is 0.00855. The highest BCUT2D eigenvalue weighted by atomic mass is 32.1. The molecule has 0 bridgehead atoms. The van der Waals surface area contributed by atoms with Crippen molar-refractivity contribution < 1.29 is 4.79 Å². The van der Waals surface area contributed by atoms with Crippen molar-refractivity contribution in [2.45, 2.75) is 39.2 Å². The molecular weight excluding hydrogens is 222 g/mol. The van der Waals surface area contributed by atoms with Crippen LogP contribution in [0.4, 0.5) is 5.13 Å². The number of anilines is 1. The minimum Gasteiger partial charge on any atom is -0.320 e. The Morgan fingerprint density at radius 3 is 2.88 bits per heavy atom. The third-order valence-corrected chi connectivity index (χ3v) is 3.92. The normalized spacial score (nSPS) is 16.2. The molecule has 0 radical (unpaired) electrons. The van der Waals surface area contributed by atoms with Gasteiger partial charge in [-0.1, -0.05) is 13.8 Å². The van der Waals surface area contributed by atoms with Gasteiger partial charge < -0.3 is 11.1 Å². The lowest BCUT2D eigenvalue weighted by atomic mass is 10.1. The fourth-order valence-corrected chi connectivity index (χ4v) is 2.79. The highest BCUT2D eigenvalue weighted by Crippen LogP contribution is 2.30. The number of carbonyl (C=O) groups is 1. The molecule has 0 spiro atoms. The van der Waals surface area contributed by atoms with Gasteiger partial charge in [0.1, 0.15) is 0 Å². The lowest BCUT2D eigenvalue weighted by molar-refractivity contribution is -0.118. The van der Waals surface area contributed by atoms with Crippen molar-refractivity contribution in [1.82, 2.24) is 4.98 Å². The highest BCUT2D eigenvalue weighted by Gasteiger charge is 2.21. The first-order chi connectivity index (χ1) is 7.58. The molecule has 4 nitrogen and oxygen atoms in total. The van der Waals surface area contributed by atoms with Gasteiger partial charge in [-0.05, 0) is 25.2 Å². The van der Waals surface area contributed by atoms with E-state index in [-0.39, 0.29) is 11.8 Å². The van der Waals surface area contributed by atoms with Crippen LogP contribution in [0.5, 0.6) is 0 Å². The van der Waals surface area contributed by atoms with E-state index >= 15 is 0 Å². The molecular formula is C11H17N3OS. The third kappa shape index (κ3) is 2.25. The molecule has 1 heterocycles. The molecule has 1 aromatic heterocycles. The van der Waals surface area contributed by atoms with Crippen LogP contribution in [0.15, 0.2) is 0 Å². The molecule has 88 valence electrons. The van der Waals surface area contributed by atoms with Crippen molar-refractivity contribution >= 4 is 22.4 Å². The molecule has 1 aliphatic carbocycles. The number of carbonyl (C=O) groups excluding carboxylic acids is 1. The van der Waals surface area contributed by atoms with Crippen LogP contribution in [-0.2, 0) is 17.6 Å². The predicted molar refractivity (Wildman–Crippen MR) is 65.6 cm³/mol. The Morgan fingerprint density at radius 2 is 2.25 bits per heavy atom. The Labute approximate surface area is 99.3 Å². The number of nitrogens with zero attached hydrogens (tertiary/aromatic N) is 1. The Balaban J connectivity index is 2.01. The summed E-state index contributed by atoms with van der Waals surface area (Å²) in [7, 11) is 0. The second kappa shape index (κ2) is 4.51. The van der Waals surface area contributed by atoms with Crippen LogP contribution in [-0.4, -0.2) is 16.9 Å². The zero-order valence-electron chi connectivity index (χ0n) is 9.62. The van der Waals surface area contributed by atoms with Gasteiger partial charge in [0, 0.05) is 4.88 Å². The van der Waals surface area contributed by atoms with Crippen molar-refractivity contribution in [3.05, 3.63) is 10.6 Å². The number of aryl methyl sites for hydroxylation is 2. The molecule has 1 atom stereocenters. The molecule has 0 unspecified atom stereocenters. The fraction of sp³-hybridized carbons (Fsp3) is 0.636. The summed E-state index contributed by atoms with van der Waals surface area (Å²) < 4.78 is 0. The number of rotatable bonds is 3. The summed E-state index contributed by atoms with van der Waals surface area (Å²) in [4.78, 5) is 17.4. The number of thiazole rings is 1. The first kappa shape index (κ1) is 11.5. The summed E-state index contributed by atoms with van der Waals surface area (Å²) in [6.45, 7) is 3.87. The van der Waals surface area contributed by atoms with E-state index in [4.69, 9.17) is 5.73 Å². The molecule has 16 heavy (non-hydrogen) atoms. The van der Waals surface area contributed by atoms with Crippen LogP contribution < -0.4 is 11.1 Å². The number of nitrogens with one attached hydrogen (secondary N) is 1. The monoisotopic (exact) mass is 239 g/mol. The molecule has 1 amide bonds. The average molecular weight is 239 g/mol. The van der Waals surface area contributed by atoms with Crippen LogP contribution >= 0.6 is 11.3 Å². The number of hydrogen-bond donors (Lipinski definition) is 2. The number of fused-ring (bicyclic) bond motifs is 1. The highest BCUT2D eigenvalue weighted by molar-refractivity contribution is 7.15. The Bertz CT molecular complexity index is 378. The minimum absolute atomic E-state index is 0.137. The second-order valence-electron chi connectivity index (χ2n) is 4.50. The maximum Gasteiger partial charge on any atom is 0.243 e. The van der Waals surface area contributed by atoms with Crippen LogP contribution in [0.3, 0.4) is 0 Å². The van der Waals surface area contributed by atoms with Gasteiger partial charge in [-0.3, -0.25) is 4.79 Å². The van der Waals surface area contributed by atoms with E-state index in [9.17, 15) is 4.79 Å². The van der Waals surface area contributed by atoms with Gasteiger partial charge in [0.15, 0.2) is 5.13 Å². The topological polar surface area (TPSA) is 68.0 Å². The van der Waals surface area contributed by atoms with E-state index in [1.165, 1.54) is 11.3 Å². The van der Waals surface area contributed by atoms with Crippen molar-refractivity contribution in [1.29, 1.82) is 0 Å². The van der Waals surface area contributed by atoms with Crippen molar-refractivity contribution in [2.24, 2.45) is 11.7 Å². The van der Waals surface area contributed by atoms with Gasteiger partial charge in [0.25, 0.3) is 0 Å². The zero-order chi connectivity index (χ0) is 11.7. The summed E-state index contributed by atoms with van der Waals surface area (Å²) in [6.07, 6.45) is 3.32. The van der Waals surface area contributed by atoms with Crippen LogP contribution in [0, 0.1) is 5.92 Å². The quantitative estimate of drug-likeness (QED) is 0.841. The summed E-state index contributed by atoms with van der Waals surface area (Å²) in [6, 6.07) is -0.459. The molecule has 0 saturated carbocycles. The summed E-state index contributed by atoms with van der Waals surface area (Å²) in [5, 5.41) is 3.50. The first-order valence-electron chi connectivity index (χ1n) is 5.63. The van der Waals surface area contributed by atoms with E-state index in [1.807, 2.05) is 13.8 Å². The van der Waals surface area contributed by atoms with E-state index in [1.54, 1.807) is 11.3 Å². The van der Waals surface area contributed by atoms with E-state index in [0.29, 0.717) is 5.13 Å². The molecule has 0 fully saturated rings. The van der Waals surface area contributed by atoms with E-state index in [2.05, 4.69) is 10.3 Å². The number of hydrogen-bond acceptors (Lipinski definition) is 4. The summed E-state index contributed by atoms with van der Waals surface area (Å²) in [5.41, 5.74) is 6.92. The Kier molecular flexibility index (Phi) is 3.25. The SMILES string of the molecule is CC(C)[C@H](N)C(=O)Nc1nc2c(s1)CCC2. The Morgan fingerprint density at radius 1 is 1.50 bits per heavy atom. The van der Waals surface area contributed by atoms with Crippen LogP contribution in [0.2, 0.25) is 0 Å². The molecule has 5 heteroatoms. The smallest absolute Gasteiger partial charge is 0.243 e. The third-order valence-electron chi connectivity index (χ3n) is 2.85. The van der Waals surface area contributed by atoms with Gasteiger partial charge in [0.2, 0.25) is 5.91 Å². The molecule has 2 rings (SSSR count). The van der Waals surface area contributed by atoms with Crippen molar-refractivity contribution in [3.8, 4) is 0 Å². The molecule has 1 aliphatic rings. The van der Waals surface area contributed by atoms with Gasteiger partial charge in [0.05, 0.1) is 11.7 Å². The maximum atomic E-state index is 11.7. The number of nitrogens with two attached hydrogens (primary N) is 1. The largest absolute Gasteiger partial charge is 0.320 e. The Hall–Kier alpha value is -0.940.